The minimum absolute atomic E-state index is 0.0456. The molecule has 2 unspecified atom stereocenters. The predicted octanol–water partition coefficient (Wildman–Crippen LogP) is 2.39. The molecule has 0 aliphatic carbocycles. The molecule has 0 radical (unpaired) electrons. The first kappa shape index (κ1) is 10.8. The van der Waals surface area contributed by atoms with Gasteiger partial charge in [0.25, 0.3) is 0 Å². The average molecular weight is 215 g/mol. The zero-order valence-corrected chi connectivity index (χ0v) is 10.0. The number of ether oxygens (including phenoxy) is 1. The van der Waals surface area contributed by atoms with Gasteiger partial charge in [-0.15, -0.1) is 0 Å². The summed E-state index contributed by atoms with van der Waals surface area (Å²) in [5.74, 6) is 1.35. The molecule has 2 saturated heterocycles. The van der Waals surface area contributed by atoms with Crippen LogP contribution in [0.2, 0.25) is 0 Å². The third-order valence-electron chi connectivity index (χ3n) is 2.97. The van der Waals surface area contributed by atoms with Crippen molar-refractivity contribution in [1.29, 1.82) is 0 Å². The molecule has 14 heavy (non-hydrogen) atoms. The van der Waals surface area contributed by atoms with Crippen LogP contribution in [0.15, 0.2) is 0 Å². The van der Waals surface area contributed by atoms with E-state index in [1.165, 1.54) is 31.4 Å². The van der Waals surface area contributed by atoms with Gasteiger partial charge in [0.15, 0.2) is 0 Å². The summed E-state index contributed by atoms with van der Waals surface area (Å²) in [7, 11) is 0. The summed E-state index contributed by atoms with van der Waals surface area (Å²) in [5, 5.41) is 4.29. The van der Waals surface area contributed by atoms with Gasteiger partial charge < -0.3 is 4.74 Å². The lowest BCUT2D eigenvalue weighted by Crippen LogP contribution is -2.27. The lowest BCUT2D eigenvalue weighted by molar-refractivity contribution is -0.0180. The number of nitrogens with one attached hydrogen (secondary N) is 1. The maximum Gasteiger partial charge on any atom is 0.110 e. The highest BCUT2D eigenvalue weighted by molar-refractivity contribution is 7.99. The van der Waals surface area contributed by atoms with Crippen molar-refractivity contribution in [3.05, 3.63) is 0 Å². The normalized spacial score (nSPS) is 37.3. The fraction of sp³-hybridized carbons (Fsp3) is 1.00. The largest absolute Gasteiger partial charge is 0.356 e. The molecule has 0 bridgehead atoms. The van der Waals surface area contributed by atoms with Gasteiger partial charge in [-0.3, -0.25) is 5.32 Å². The van der Waals surface area contributed by atoms with Crippen molar-refractivity contribution in [2.45, 2.75) is 56.6 Å². The van der Waals surface area contributed by atoms with Crippen LogP contribution in [-0.4, -0.2) is 29.4 Å². The number of hydrogen-bond acceptors (Lipinski definition) is 3. The zero-order chi connectivity index (χ0) is 10.0. The number of hydrogen-bond donors (Lipinski definition) is 1. The first-order chi connectivity index (χ1) is 6.66. The Kier molecular flexibility index (Phi) is 3.40. The average Bonchev–Trinajstić information content (AvgIpc) is 2.47. The van der Waals surface area contributed by atoms with E-state index in [-0.39, 0.29) is 5.60 Å². The van der Waals surface area contributed by atoms with Crippen LogP contribution < -0.4 is 5.32 Å². The van der Waals surface area contributed by atoms with Crippen LogP contribution >= 0.6 is 11.8 Å². The monoisotopic (exact) mass is 215 g/mol. The van der Waals surface area contributed by atoms with Crippen molar-refractivity contribution >= 4 is 11.8 Å². The SMILES string of the molecule is CC1(C)CNC(CC2CCCCS2)O1. The van der Waals surface area contributed by atoms with Crippen molar-refractivity contribution in [3.8, 4) is 0 Å². The second-order valence-corrected chi connectivity index (χ2v) is 6.38. The molecule has 0 spiro atoms. The van der Waals surface area contributed by atoms with Crippen molar-refractivity contribution < 1.29 is 4.74 Å². The Balaban J connectivity index is 1.75. The van der Waals surface area contributed by atoms with Crippen LogP contribution in [0.3, 0.4) is 0 Å². The van der Waals surface area contributed by atoms with E-state index in [4.69, 9.17) is 4.74 Å². The van der Waals surface area contributed by atoms with E-state index in [1.807, 2.05) is 0 Å². The summed E-state index contributed by atoms with van der Waals surface area (Å²) < 4.78 is 5.93. The Labute approximate surface area is 91.2 Å². The summed E-state index contributed by atoms with van der Waals surface area (Å²) in [4.78, 5) is 0. The first-order valence-corrected chi connectivity index (χ1v) is 6.73. The van der Waals surface area contributed by atoms with Gasteiger partial charge in [0, 0.05) is 11.8 Å². The van der Waals surface area contributed by atoms with Crippen molar-refractivity contribution in [1.82, 2.24) is 5.32 Å². The Hall–Kier alpha value is 0.270. The van der Waals surface area contributed by atoms with E-state index < -0.39 is 0 Å². The Morgan fingerprint density at radius 1 is 1.43 bits per heavy atom. The Morgan fingerprint density at radius 3 is 2.86 bits per heavy atom. The van der Waals surface area contributed by atoms with Gasteiger partial charge in [0.1, 0.15) is 6.23 Å². The maximum absolute atomic E-state index is 5.93. The summed E-state index contributed by atoms with van der Waals surface area (Å²) in [6.45, 7) is 5.32. The van der Waals surface area contributed by atoms with Crippen LogP contribution in [-0.2, 0) is 4.74 Å². The molecule has 2 atom stereocenters. The second-order valence-electron chi connectivity index (χ2n) is 4.97. The molecule has 2 nitrogen and oxygen atoms in total. The Bertz CT molecular complexity index is 190. The van der Waals surface area contributed by atoms with E-state index in [9.17, 15) is 0 Å². The molecule has 3 heteroatoms. The predicted molar refractivity (Wildman–Crippen MR) is 61.7 cm³/mol. The third kappa shape index (κ3) is 2.88. The standard InChI is InChI=1S/C11H21NOS/c1-11(2)8-12-10(13-11)7-9-5-3-4-6-14-9/h9-10,12H,3-8H2,1-2H3. The van der Waals surface area contributed by atoms with E-state index in [1.54, 1.807) is 0 Å². The molecule has 2 heterocycles. The van der Waals surface area contributed by atoms with E-state index in [0.29, 0.717) is 6.23 Å². The van der Waals surface area contributed by atoms with E-state index in [2.05, 4.69) is 30.9 Å². The second kappa shape index (κ2) is 4.42. The van der Waals surface area contributed by atoms with E-state index in [0.717, 1.165) is 11.8 Å². The van der Waals surface area contributed by atoms with Crippen molar-refractivity contribution in [3.63, 3.8) is 0 Å². The molecular weight excluding hydrogens is 194 g/mol. The third-order valence-corrected chi connectivity index (χ3v) is 4.39. The van der Waals surface area contributed by atoms with Crippen LogP contribution in [0.5, 0.6) is 0 Å². The molecule has 2 aliphatic heterocycles. The van der Waals surface area contributed by atoms with Gasteiger partial charge in [-0.25, -0.2) is 0 Å². The van der Waals surface area contributed by atoms with Crippen LogP contribution in [0, 0.1) is 0 Å². The molecule has 2 rings (SSSR count). The molecule has 0 aromatic heterocycles. The summed E-state index contributed by atoms with van der Waals surface area (Å²) in [6.07, 6.45) is 5.70. The molecule has 0 aromatic rings. The highest BCUT2D eigenvalue weighted by Gasteiger charge is 2.32. The fourth-order valence-electron chi connectivity index (χ4n) is 2.19. The van der Waals surface area contributed by atoms with Crippen LogP contribution in [0.1, 0.15) is 39.5 Å². The van der Waals surface area contributed by atoms with E-state index >= 15 is 0 Å². The lowest BCUT2D eigenvalue weighted by atomic mass is 10.1. The number of rotatable bonds is 2. The highest BCUT2D eigenvalue weighted by atomic mass is 32.2. The number of thioether (sulfide) groups is 1. The zero-order valence-electron chi connectivity index (χ0n) is 9.21. The summed E-state index contributed by atoms with van der Waals surface area (Å²) in [6, 6.07) is 0. The van der Waals surface area contributed by atoms with Gasteiger partial charge in [0.05, 0.1) is 5.60 Å². The molecule has 1 N–H and O–H groups in total. The minimum Gasteiger partial charge on any atom is -0.356 e. The summed E-state index contributed by atoms with van der Waals surface area (Å²) in [5.41, 5.74) is 0.0456. The molecule has 2 aliphatic rings. The lowest BCUT2D eigenvalue weighted by Gasteiger charge is -2.25. The van der Waals surface area contributed by atoms with Crippen molar-refractivity contribution in [2.24, 2.45) is 0 Å². The quantitative estimate of drug-likeness (QED) is 0.764. The maximum atomic E-state index is 5.93. The van der Waals surface area contributed by atoms with Crippen LogP contribution in [0.4, 0.5) is 0 Å². The Morgan fingerprint density at radius 2 is 2.29 bits per heavy atom. The van der Waals surface area contributed by atoms with Gasteiger partial charge in [-0.05, 0) is 38.9 Å². The summed E-state index contributed by atoms with van der Waals surface area (Å²) >= 11 is 2.13. The molecule has 0 saturated carbocycles. The fourth-order valence-corrected chi connectivity index (χ4v) is 3.54. The molecule has 0 amide bonds. The molecular formula is C11H21NOS. The topological polar surface area (TPSA) is 21.3 Å². The van der Waals surface area contributed by atoms with Gasteiger partial charge in [0.2, 0.25) is 0 Å². The smallest absolute Gasteiger partial charge is 0.110 e. The molecule has 2 fully saturated rings. The highest BCUT2D eigenvalue weighted by Crippen LogP contribution is 2.30. The van der Waals surface area contributed by atoms with Gasteiger partial charge in [-0.1, -0.05) is 6.42 Å². The first-order valence-electron chi connectivity index (χ1n) is 5.68. The van der Waals surface area contributed by atoms with Crippen LogP contribution in [0.25, 0.3) is 0 Å². The minimum atomic E-state index is 0.0456. The van der Waals surface area contributed by atoms with Gasteiger partial charge in [-0.2, -0.15) is 11.8 Å². The van der Waals surface area contributed by atoms with Gasteiger partial charge >= 0.3 is 0 Å². The van der Waals surface area contributed by atoms with Crippen molar-refractivity contribution in [2.75, 3.05) is 12.3 Å². The molecule has 0 aromatic carbocycles. The molecule has 82 valence electrons.